The fraction of sp³-hybridized carbons (Fsp3) is 0.250. The first kappa shape index (κ1) is 23.8. The van der Waals surface area contributed by atoms with Crippen LogP contribution in [-0.4, -0.2) is 33.9 Å². The van der Waals surface area contributed by atoms with Crippen molar-refractivity contribution >= 4 is 23.0 Å². The Morgan fingerprint density at radius 2 is 1.78 bits per heavy atom. The van der Waals surface area contributed by atoms with Gasteiger partial charge in [-0.1, -0.05) is 12.1 Å². The number of anilines is 1. The lowest BCUT2D eigenvalue weighted by Gasteiger charge is -2.29. The van der Waals surface area contributed by atoms with Crippen molar-refractivity contribution in [3.63, 3.8) is 0 Å². The Bertz CT molecular complexity index is 1400. The Hall–Kier alpha value is -3.91. The third kappa shape index (κ3) is 4.07. The van der Waals surface area contributed by atoms with E-state index in [4.69, 9.17) is 21.7 Å². The van der Waals surface area contributed by atoms with Gasteiger partial charge in [-0.05, 0) is 80.5 Å². The molecule has 1 N–H and O–H groups in total. The van der Waals surface area contributed by atoms with Crippen molar-refractivity contribution in [2.45, 2.75) is 32.9 Å². The highest BCUT2D eigenvalue weighted by atomic mass is 32.1. The highest BCUT2D eigenvalue weighted by Crippen LogP contribution is 2.46. The maximum absolute atomic E-state index is 5.92. The Morgan fingerprint density at radius 3 is 2.44 bits per heavy atom. The summed E-state index contributed by atoms with van der Waals surface area (Å²) in [7, 11) is 3.30. The van der Waals surface area contributed by atoms with E-state index in [-0.39, 0.29) is 12.1 Å². The number of pyridine rings is 2. The Labute approximate surface area is 216 Å². The van der Waals surface area contributed by atoms with Crippen molar-refractivity contribution in [2.75, 3.05) is 19.1 Å². The molecule has 1 aromatic carbocycles. The summed E-state index contributed by atoms with van der Waals surface area (Å²) in [5.74, 6) is 2.28. The van der Waals surface area contributed by atoms with Crippen LogP contribution in [0.3, 0.4) is 0 Å². The number of nitrogens with one attached hydrogen (secondary N) is 1. The third-order valence-corrected chi connectivity index (χ3v) is 6.97. The molecule has 0 aliphatic carbocycles. The summed E-state index contributed by atoms with van der Waals surface area (Å²) in [4.78, 5) is 11.5. The number of aryl methyl sites for hydroxylation is 2. The van der Waals surface area contributed by atoms with Gasteiger partial charge in [-0.15, -0.1) is 0 Å². The van der Waals surface area contributed by atoms with E-state index < -0.39 is 0 Å². The molecule has 1 fully saturated rings. The molecule has 8 heteroatoms. The zero-order valence-corrected chi connectivity index (χ0v) is 21.8. The van der Waals surface area contributed by atoms with Crippen molar-refractivity contribution in [1.82, 2.24) is 19.9 Å². The largest absolute Gasteiger partial charge is 0.497 e. The van der Waals surface area contributed by atoms with Crippen molar-refractivity contribution in [3.05, 3.63) is 95.2 Å². The number of nitrogens with zero attached hydrogens (tertiary/aromatic N) is 4. The van der Waals surface area contributed by atoms with Crippen LogP contribution < -0.4 is 19.7 Å². The van der Waals surface area contributed by atoms with E-state index in [0.717, 1.165) is 45.5 Å². The van der Waals surface area contributed by atoms with Crippen LogP contribution in [-0.2, 0) is 0 Å². The normalized spacial score (nSPS) is 17.2. The number of rotatable bonds is 6. The Morgan fingerprint density at radius 1 is 0.944 bits per heavy atom. The van der Waals surface area contributed by atoms with Gasteiger partial charge in [0.05, 0.1) is 37.7 Å². The number of benzene rings is 1. The number of ether oxygens (including phenoxy) is 2. The lowest BCUT2D eigenvalue weighted by atomic mass is 9.96. The van der Waals surface area contributed by atoms with Crippen LogP contribution in [0.2, 0.25) is 0 Å². The number of thiocarbonyl (C=S) groups is 1. The highest BCUT2D eigenvalue weighted by Gasteiger charge is 2.43. The molecular weight excluding hydrogens is 470 g/mol. The standard InChI is InChI=1S/C28H29N5O2S/c1-17-9-12-25(30-16-17)32-18(2)14-21(19(32)3)27-26(22-8-6-7-13-29-22)31-28(36)33(27)23-11-10-20(34-4)15-24(23)35-5/h6-16,26-27H,1-5H3,(H,31,36)/t26-,27-/m1/s1. The van der Waals surface area contributed by atoms with Gasteiger partial charge in [0, 0.05) is 29.8 Å². The second-order valence-corrected chi connectivity index (χ2v) is 9.28. The maximum Gasteiger partial charge on any atom is 0.174 e. The minimum atomic E-state index is -0.167. The average Bonchev–Trinajstić information content (AvgIpc) is 3.39. The summed E-state index contributed by atoms with van der Waals surface area (Å²) in [5, 5.41) is 4.14. The zero-order valence-electron chi connectivity index (χ0n) is 21.0. The third-order valence-electron chi connectivity index (χ3n) is 6.66. The number of aromatic nitrogens is 3. The van der Waals surface area contributed by atoms with Crippen molar-refractivity contribution < 1.29 is 9.47 Å². The van der Waals surface area contributed by atoms with E-state index in [1.54, 1.807) is 14.2 Å². The summed E-state index contributed by atoms with van der Waals surface area (Å²) < 4.78 is 13.4. The molecule has 1 aliphatic rings. The van der Waals surface area contributed by atoms with Crippen LogP contribution in [0.5, 0.6) is 11.5 Å². The topological polar surface area (TPSA) is 64.4 Å². The van der Waals surface area contributed by atoms with E-state index in [1.807, 2.05) is 55.7 Å². The molecule has 2 atom stereocenters. The first-order chi connectivity index (χ1) is 17.4. The molecule has 1 saturated heterocycles. The molecule has 4 heterocycles. The predicted molar refractivity (Wildman–Crippen MR) is 145 cm³/mol. The van der Waals surface area contributed by atoms with E-state index >= 15 is 0 Å². The second kappa shape index (κ2) is 9.62. The van der Waals surface area contributed by atoms with Gasteiger partial charge in [-0.25, -0.2) is 4.98 Å². The van der Waals surface area contributed by atoms with E-state index in [0.29, 0.717) is 10.9 Å². The van der Waals surface area contributed by atoms with Gasteiger partial charge in [0.15, 0.2) is 5.11 Å². The molecule has 3 aromatic heterocycles. The first-order valence-electron chi connectivity index (χ1n) is 11.8. The molecule has 36 heavy (non-hydrogen) atoms. The van der Waals surface area contributed by atoms with Crippen LogP contribution >= 0.6 is 12.2 Å². The quantitative estimate of drug-likeness (QED) is 0.357. The van der Waals surface area contributed by atoms with Gasteiger partial charge in [0.2, 0.25) is 0 Å². The average molecular weight is 500 g/mol. The molecule has 7 nitrogen and oxygen atoms in total. The summed E-state index contributed by atoms with van der Waals surface area (Å²) in [5.41, 5.74) is 6.22. The summed E-state index contributed by atoms with van der Waals surface area (Å²) in [6.45, 7) is 6.28. The molecular formula is C28H29N5O2S. The van der Waals surface area contributed by atoms with Crippen LogP contribution in [0.1, 0.15) is 40.3 Å². The molecule has 0 saturated carbocycles. The molecule has 0 spiro atoms. The van der Waals surface area contributed by atoms with Gasteiger partial charge < -0.3 is 24.3 Å². The van der Waals surface area contributed by atoms with Crippen LogP contribution in [0.4, 0.5) is 5.69 Å². The Kier molecular flexibility index (Phi) is 6.36. The van der Waals surface area contributed by atoms with Crippen LogP contribution in [0.25, 0.3) is 5.82 Å². The van der Waals surface area contributed by atoms with Crippen molar-refractivity contribution in [2.24, 2.45) is 0 Å². The van der Waals surface area contributed by atoms with Gasteiger partial charge in [0.1, 0.15) is 17.3 Å². The SMILES string of the molecule is COc1ccc(N2C(=S)N[C@H](c3ccccn3)[C@H]2c2cc(C)n(-c3ccc(C)cn3)c2C)c(OC)c1. The molecule has 0 bridgehead atoms. The number of methoxy groups -OCH3 is 2. The fourth-order valence-electron chi connectivity index (χ4n) is 4.95. The second-order valence-electron chi connectivity index (χ2n) is 8.89. The van der Waals surface area contributed by atoms with Gasteiger partial charge in [-0.2, -0.15) is 0 Å². The van der Waals surface area contributed by atoms with Crippen molar-refractivity contribution in [3.8, 4) is 17.3 Å². The van der Waals surface area contributed by atoms with Crippen molar-refractivity contribution in [1.29, 1.82) is 0 Å². The lowest BCUT2D eigenvalue weighted by molar-refractivity contribution is 0.394. The molecule has 0 radical (unpaired) electrons. The summed E-state index contributed by atoms with van der Waals surface area (Å²) in [6.07, 6.45) is 3.71. The minimum Gasteiger partial charge on any atom is -0.497 e. The number of hydrogen-bond acceptors (Lipinski definition) is 5. The predicted octanol–water partition coefficient (Wildman–Crippen LogP) is 5.39. The lowest BCUT2D eigenvalue weighted by Crippen LogP contribution is -2.30. The molecule has 5 rings (SSSR count). The van der Waals surface area contributed by atoms with E-state index in [1.165, 1.54) is 0 Å². The smallest absolute Gasteiger partial charge is 0.174 e. The fourth-order valence-corrected chi connectivity index (χ4v) is 5.29. The van der Waals surface area contributed by atoms with Gasteiger partial charge in [-0.3, -0.25) is 4.98 Å². The summed E-state index contributed by atoms with van der Waals surface area (Å²) >= 11 is 5.92. The zero-order chi connectivity index (χ0) is 25.4. The minimum absolute atomic E-state index is 0.162. The molecule has 0 unspecified atom stereocenters. The first-order valence-corrected chi connectivity index (χ1v) is 12.2. The summed E-state index contributed by atoms with van der Waals surface area (Å²) in [6, 6.07) is 17.8. The maximum atomic E-state index is 5.92. The molecule has 0 amide bonds. The van der Waals surface area contributed by atoms with E-state index in [9.17, 15) is 0 Å². The molecule has 4 aromatic rings. The highest BCUT2D eigenvalue weighted by molar-refractivity contribution is 7.80. The van der Waals surface area contributed by atoms with Gasteiger partial charge >= 0.3 is 0 Å². The number of hydrogen-bond donors (Lipinski definition) is 1. The van der Waals surface area contributed by atoms with Gasteiger partial charge in [0.25, 0.3) is 0 Å². The van der Waals surface area contributed by atoms with E-state index in [2.05, 4.69) is 56.8 Å². The van der Waals surface area contributed by atoms with Crippen LogP contribution in [0, 0.1) is 20.8 Å². The Balaban J connectivity index is 1.69. The molecule has 1 aliphatic heterocycles. The monoisotopic (exact) mass is 499 g/mol. The van der Waals surface area contributed by atoms with Crippen LogP contribution in [0.15, 0.2) is 67.0 Å². The molecule has 184 valence electrons.